The first-order valence-electron chi connectivity index (χ1n) is 6.20. The minimum atomic E-state index is -1.03. The summed E-state index contributed by atoms with van der Waals surface area (Å²) in [5.41, 5.74) is 0.297. The first-order valence-corrected chi connectivity index (χ1v) is 7.39. The molecule has 1 aromatic heterocycles. The summed E-state index contributed by atoms with van der Waals surface area (Å²) in [6.07, 6.45) is 0.168. The van der Waals surface area contributed by atoms with Crippen molar-refractivity contribution in [3.63, 3.8) is 0 Å². The SMILES string of the molecule is CC(C)(C)OC(=O)N1CCc2c(sc(C(=O)O)c2Cl)C1. The van der Waals surface area contributed by atoms with Crippen molar-refractivity contribution >= 4 is 35.0 Å². The molecule has 2 rings (SSSR count). The Labute approximate surface area is 126 Å². The molecule has 5 nitrogen and oxygen atoms in total. The van der Waals surface area contributed by atoms with Crippen LogP contribution < -0.4 is 0 Å². The summed E-state index contributed by atoms with van der Waals surface area (Å²) in [4.78, 5) is 25.6. The topological polar surface area (TPSA) is 66.8 Å². The Morgan fingerprint density at radius 1 is 1.40 bits per heavy atom. The van der Waals surface area contributed by atoms with E-state index in [4.69, 9.17) is 21.4 Å². The Hall–Kier alpha value is -1.27. The molecule has 1 N–H and O–H groups in total. The van der Waals surface area contributed by atoms with Crippen LogP contribution in [-0.4, -0.2) is 34.2 Å². The van der Waals surface area contributed by atoms with Crippen LogP contribution in [0.25, 0.3) is 0 Å². The number of rotatable bonds is 1. The molecular formula is C13H16ClNO4S. The van der Waals surface area contributed by atoms with Crippen molar-refractivity contribution in [2.24, 2.45) is 0 Å². The Morgan fingerprint density at radius 2 is 2.05 bits per heavy atom. The number of halogens is 1. The highest BCUT2D eigenvalue weighted by Crippen LogP contribution is 2.36. The van der Waals surface area contributed by atoms with E-state index in [9.17, 15) is 9.59 Å². The largest absolute Gasteiger partial charge is 0.477 e. The number of fused-ring (bicyclic) bond motifs is 1. The number of ether oxygens (including phenoxy) is 1. The van der Waals surface area contributed by atoms with Crippen LogP contribution in [0, 0.1) is 0 Å². The minimum absolute atomic E-state index is 0.141. The maximum atomic E-state index is 12.0. The number of carbonyl (C=O) groups is 2. The molecule has 1 amide bonds. The predicted molar refractivity (Wildman–Crippen MR) is 76.6 cm³/mol. The van der Waals surface area contributed by atoms with Gasteiger partial charge in [0.1, 0.15) is 10.5 Å². The van der Waals surface area contributed by atoms with Crippen molar-refractivity contribution in [3.8, 4) is 0 Å². The van der Waals surface area contributed by atoms with Crippen LogP contribution in [0.3, 0.4) is 0 Å². The monoisotopic (exact) mass is 317 g/mol. The number of carboxylic acid groups (broad SMARTS) is 1. The van der Waals surface area contributed by atoms with Crippen molar-refractivity contribution in [3.05, 3.63) is 20.3 Å². The van der Waals surface area contributed by atoms with Gasteiger partial charge in [-0.15, -0.1) is 11.3 Å². The van der Waals surface area contributed by atoms with E-state index in [1.54, 1.807) is 4.90 Å². The first-order chi connectivity index (χ1) is 9.19. The molecule has 0 saturated carbocycles. The lowest BCUT2D eigenvalue weighted by Gasteiger charge is -2.29. The number of carboxylic acids is 1. The molecule has 0 saturated heterocycles. The highest BCUT2D eigenvalue weighted by atomic mass is 35.5. The molecule has 0 aromatic carbocycles. The van der Waals surface area contributed by atoms with E-state index in [1.165, 1.54) is 0 Å². The average molecular weight is 318 g/mol. The molecular weight excluding hydrogens is 302 g/mol. The number of hydrogen-bond acceptors (Lipinski definition) is 4. The normalized spacial score (nSPS) is 14.9. The first kappa shape index (κ1) is 15.1. The van der Waals surface area contributed by atoms with E-state index in [0.29, 0.717) is 24.5 Å². The molecule has 0 spiro atoms. The number of amides is 1. The molecule has 1 aromatic rings. The summed E-state index contributed by atoms with van der Waals surface area (Å²) in [6.45, 7) is 6.26. The number of aromatic carboxylic acids is 1. The maximum absolute atomic E-state index is 12.0. The third-order valence-corrected chi connectivity index (χ3v) is 4.57. The molecule has 0 unspecified atom stereocenters. The van der Waals surface area contributed by atoms with E-state index in [2.05, 4.69) is 0 Å². The fourth-order valence-corrected chi connectivity index (χ4v) is 3.54. The molecule has 0 bridgehead atoms. The van der Waals surface area contributed by atoms with Gasteiger partial charge in [-0.05, 0) is 32.8 Å². The van der Waals surface area contributed by atoms with Crippen LogP contribution in [0.15, 0.2) is 0 Å². The summed E-state index contributed by atoms with van der Waals surface area (Å²) in [5.74, 6) is -1.03. The van der Waals surface area contributed by atoms with Gasteiger partial charge in [0.2, 0.25) is 0 Å². The predicted octanol–water partition coefficient (Wildman–Crippen LogP) is 3.39. The quantitative estimate of drug-likeness (QED) is 0.862. The van der Waals surface area contributed by atoms with Gasteiger partial charge in [0.15, 0.2) is 0 Å². The van der Waals surface area contributed by atoms with Crippen molar-refractivity contribution in [1.82, 2.24) is 4.90 Å². The van der Waals surface area contributed by atoms with Crippen molar-refractivity contribution in [1.29, 1.82) is 0 Å². The van der Waals surface area contributed by atoms with Crippen LogP contribution >= 0.6 is 22.9 Å². The summed E-state index contributed by atoms with van der Waals surface area (Å²) in [6, 6.07) is 0. The number of thiophene rings is 1. The molecule has 0 radical (unpaired) electrons. The van der Waals surface area contributed by atoms with Crippen LogP contribution in [-0.2, 0) is 17.7 Å². The van der Waals surface area contributed by atoms with Gasteiger partial charge >= 0.3 is 12.1 Å². The van der Waals surface area contributed by atoms with Gasteiger partial charge in [-0.1, -0.05) is 11.6 Å². The van der Waals surface area contributed by atoms with Gasteiger partial charge in [0.25, 0.3) is 0 Å². The van der Waals surface area contributed by atoms with Gasteiger partial charge in [-0.2, -0.15) is 0 Å². The number of carbonyl (C=O) groups excluding carboxylic acids is 1. The fraction of sp³-hybridized carbons (Fsp3) is 0.538. The summed E-state index contributed by atoms with van der Waals surface area (Å²) in [7, 11) is 0. The minimum Gasteiger partial charge on any atom is -0.477 e. The van der Waals surface area contributed by atoms with Crippen LogP contribution in [0.5, 0.6) is 0 Å². The van der Waals surface area contributed by atoms with Gasteiger partial charge in [0.05, 0.1) is 11.6 Å². The molecule has 110 valence electrons. The van der Waals surface area contributed by atoms with Crippen LogP contribution in [0.1, 0.15) is 40.9 Å². The smallest absolute Gasteiger partial charge is 0.410 e. The zero-order valence-electron chi connectivity index (χ0n) is 11.5. The Morgan fingerprint density at radius 3 is 2.60 bits per heavy atom. The third-order valence-electron chi connectivity index (χ3n) is 2.84. The average Bonchev–Trinajstić information content (AvgIpc) is 2.64. The fourth-order valence-electron chi connectivity index (χ4n) is 1.98. The van der Waals surface area contributed by atoms with E-state index in [0.717, 1.165) is 21.8 Å². The Balaban J connectivity index is 2.17. The van der Waals surface area contributed by atoms with E-state index in [1.807, 2.05) is 20.8 Å². The van der Waals surface area contributed by atoms with Crippen LogP contribution in [0.4, 0.5) is 4.79 Å². The molecule has 1 aliphatic rings. The van der Waals surface area contributed by atoms with E-state index in [-0.39, 0.29) is 11.0 Å². The van der Waals surface area contributed by atoms with Gasteiger partial charge in [0, 0.05) is 11.4 Å². The van der Waals surface area contributed by atoms with Gasteiger partial charge < -0.3 is 14.7 Å². The second kappa shape index (κ2) is 5.26. The van der Waals surface area contributed by atoms with Crippen molar-refractivity contribution < 1.29 is 19.4 Å². The molecule has 0 fully saturated rings. The second-order valence-electron chi connectivity index (χ2n) is 5.60. The molecule has 7 heteroatoms. The van der Waals surface area contributed by atoms with Crippen molar-refractivity contribution in [2.75, 3.05) is 6.54 Å². The third kappa shape index (κ3) is 3.07. The standard InChI is InChI=1S/C13H16ClNO4S/c1-13(2,3)19-12(18)15-5-4-7-8(6-15)20-10(9(7)14)11(16)17/h4-6H2,1-3H3,(H,16,17). The summed E-state index contributed by atoms with van der Waals surface area (Å²) < 4.78 is 5.32. The maximum Gasteiger partial charge on any atom is 0.410 e. The second-order valence-corrected chi connectivity index (χ2v) is 7.09. The van der Waals surface area contributed by atoms with Gasteiger partial charge in [-0.25, -0.2) is 9.59 Å². The lowest BCUT2D eigenvalue weighted by molar-refractivity contribution is 0.0226. The molecule has 2 heterocycles. The number of hydrogen-bond donors (Lipinski definition) is 1. The lowest BCUT2D eigenvalue weighted by atomic mass is 10.1. The molecule has 0 aliphatic carbocycles. The highest BCUT2D eigenvalue weighted by molar-refractivity contribution is 7.14. The van der Waals surface area contributed by atoms with E-state index < -0.39 is 11.6 Å². The van der Waals surface area contributed by atoms with Crippen molar-refractivity contribution in [2.45, 2.75) is 39.3 Å². The molecule has 1 aliphatic heterocycles. The summed E-state index contributed by atoms with van der Waals surface area (Å²) in [5, 5.41) is 9.37. The lowest BCUT2D eigenvalue weighted by Crippen LogP contribution is -2.39. The molecule has 0 atom stereocenters. The van der Waals surface area contributed by atoms with E-state index >= 15 is 0 Å². The zero-order chi connectivity index (χ0) is 15.1. The molecule has 20 heavy (non-hydrogen) atoms. The zero-order valence-corrected chi connectivity index (χ0v) is 13.1. The van der Waals surface area contributed by atoms with Crippen LogP contribution in [0.2, 0.25) is 5.02 Å². The van der Waals surface area contributed by atoms with Gasteiger partial charge in [-0.3, -0.25) is 0 Å². The highest BCUT2D eigenvalue weighted by Gasteiger charge is 2.30. The number of nitrogens with zero attached hydrogens (tertiary/aromatic N) is 1. The Bertz CT molecular complexity index is 561. The summed E-state index contributed by atoms with van der Waals surface area (Å²) >= 11 is 7.19. The Kier molecular flexibility index (Phi) is 3.97.